The summed E-state index contributed by atoms with van der Waals surface area (Å²) in [7, 11) is 0. The zero-order chi connectivity index (χ0) is 15.1. The highest BCUT2D eigenvalue weighted by atomic mass is 16.5. The average molecular weight is 304 g/mol. The molecule has 1 aromatic heterocycles. The minimum Gasteiger partial charge on any atom is -0.393 e. The molecular formula is C17H24N2O3. The van der Waals surface area contributed by atoms with Crippen LogP contribution in [0, 0.1) is 5.92 Å². The van der Waals surface area contributed by atoms with E-state index in [1.165, 1.54) is 12.7 Å². The molecule has 1 aliphatic heterocycles. The van der Waals surface area contributed by atoms with Gasteiger partial charge in [-0.25, -0.2) is 0 Å². The maximum Gasteiger partial charge on any atom is 0.259 e. The van der Waals surface area contributed by atoms with Crippen LogP contribution in [0.5, 0.6) is 0 Å². The molecule has 4 rings (SSSR count). The number of aliphatic hydroxyl groups is 1. The van der Waals surface area contributed by atoms with Gasteiger partial charge in [0.25, 0.3) is 5.91 Å². The molecule has 0 aromatic carbocycles. The molecule has 2 heterocycles. The molecule has 1 amide bonds. The molecule has 1 saturated heterocycles. The third-order valence-electron chi connectivity index (χ3n) is 5.63. The first kappa shape index (κ1) is 14.2. The number of likely N-dealkylation sites (tertiary alicyclic amines) is 1. The van der Waals surface area contributed by atoms with E-state index in [2.05, 4.69) is 5.16 Å². The average Bonchev–Trinajstić information content (AvgIpc) is 3.07. The largest absolute Gasteiger partial charge is 0.393 e. The second-order valence-electron chi connectivity index (χ2n) is 7.11. The van der Waals surface area contributed by atoms with Crippen molar-refractivity contribution in [2.75, 3.05) is 6.54 Å². The Morgan fingerprint density at radius 1 is 1.18 bits per heavy atom. The van der Waals surface area contributed by atoms with E-state index < -0.39 is 0 Å². The monoisotopic (exact) mass is 304 g/mol. The van der Waals surface area contributed by atoms with Crippen molar-refractivity contribution in [2.24, 2.45) is 5.92 Å². The van der Waals surface area contributed by atoms with Crippen LogP contribution in [0.1, 0.15) is 73.3 Å². The van der Waals surface area contributed by atoms with E-state index in [0.717, 1.165) is 57.2 Å². The number of hydrogen-bond donors (Lipinski definition) is 1. The van der Waals surface area contributed by atoms with Gasteiger partial charge in [0.05, 0.1) is 11.8 Å². The van der Waals surface area contributed by atoms with Crippen molar-refractivity contribution in [1.82, 2.24) is 10.1 Å². The van der Waals surface area contributed by atoms with Gasteiger partial charge in [-0.2, -0.15) is 0 Å². The first-order chi connectivity index (χ1) is 10.8. The van der Waals surface area contributed by atoms with E-state index in [4.69, 9.17) is 4.52 Å². The molecule has 2 saturated carbocycles. The van der Waals surface area contributed by atoms with Gasteiger partial charge in [0.15, 0.2) is 0 Å². The Balaban J connectivity index is 1.55. The number of carbonyl (C=O) groups is 1. The lowest BCUT2D eigenvalue weighted by molar-refractivity contribution is 0.0211. The van der Waals surface area contributed by atoms with E-state index in [-0.39, 0.29) is 24.0 Å². The van der Waals surface area contributed by atoms with Gasteiger partial charge in [-0.05, 0) is 38.5 Å². The van der Waals surface area contributed by atoms with Gasteiger partial charge in [0.1, 0.15) is 11.8 Å². The van der Waals surface area contributed by atoms with Gasteiger partial charge in [-0.1, -0.05) is 18.0 Å². The molecule has 0 spiro atoms. The Morgan fingerprint density at radius 2 is 2.00 bits per heavy atom. The molecule has 120 valence electrons. The van der Waals surface area contributed by atoms with Gasteiger partial charge in [-0.15, -0.1) is 0 Å². The van der Waals surface area contributed by atoms with Crippen LogP contribution >= 0.6 is 0 Å². The lowest BCUT2D eigenvalue weighted by Crippen LogP contribution is -2.45. The second kappa shape index (κ2) is 5.69. The molecule has 1 aromatic rings. The summed E-state index contributed by atoms with van der Waals surface area (Å²) in [6, 6.07) is 0.185. The SMILES string of the molecule is O=C(c1conc1C1CC1)N1CCC[C@@H]1[C@@H]1CCCC[C@@H]1O. The molecule has 3 atom stereocenters. The summed E-state index contributed by atoms with van der Waals surface area (Å²) < 4.78 is 5.08. The summed E-state index contributed by atoms with van der Waals surface area (Å²) in [5.41, 5.74) is 1.50. The van der Waals surface area contributed by atoms with Crippen molar-refractivity contribution in [3.8, 4) is 0 Å². The van der Waals surface area contributed by atoms with Crippen molar-refractivity contribution in [2.45, 2.75) is 69.4 Å². The van der Waals surface area contributed by atoms with E-state index in [0.29, 0.717) is 11.5 Å². The zero-order valence-electron chi connectivity index (χ0n) is 12.9. The van der Waals surface area contributed by atoms with Crippen LogP contribution in [-0.2, 0) is 0 Å². The normalized spacial score (nSPS) is 32.4. The van der Waals surface area contributed by atoms with E-state index >= 15 is 0 Å². The number of aromatic nitrogens is 1. The molecule has 3 aliphatic rings. The fraction of sp³-hybridized carbons (Fsp3) is 0.765. The van der Waals surface area contributed by atoms with E-state index in [1.54, 1.807) is 0 Å². The standard InChI is InChI=1S/C17H24N2O3/c20-15-6-2-1-4-12(15)14-5-3-9-19(14)17(21)13-10-22-18-16(13)11-7-8-11/h10-12,14-15,20H,1-9H2/t12-,14+,15-/m0/s1. The van der Waals surface area contributed by atoms with Crippen molar-refractivity contribution in [3.63, 3.8) is 0 Å². The summed E-state index contributed by atoms with van der Waals surface area (Å²) in [4.78, 5) is 14.9. The Hall–Kier alpha value is -1.36. The van der Waals surface area contributed by atoms with Gasteiger partial charge >= 0.3 is 0 Å². The molecule has 0 radical (unpaired) electrons. The number of nitrogens with zero attached hydrogens (tertiary/aromatic N) is 2. The van der Waals surface area contributed by atoms with Gasteiger partial charge in [0.2, 0.25) is 0 Å². The lowest BCUT2D eigenvalue weighted by Gasteiger charge is -2.37. The minimum absolute atomic E-state index is 0.0587. The first-order valence-corrected chi connectivity index (χ1v) is 8.69. The van der Waals surface area contributed by atoms with E-state index in [9.17, 15) is 9.90 Å². The van der Waals surface area contributed by atoms with Gasteiger partial charge in [0, 0.05) is 24.4 Å². The predicted molar refractivity (Wildman–Crippen MR) is 80.5 cm³/mol. The van der Waals surface area contributed by atoms with Crippen LogP contribution in [-0.4, -0.2) is 39.8 Å². The van der Waals surface area contributed by atoms with Crippen molar-refractivity contribution in [3.05, 3.63) is 17.5 Å². The van der Waals surface area contributed by atoms with Crippen molar-refractivity contribution >= 4 is 5.91 Å². The van der Waals surface area contributed by atoms with E-state index in [1.807, 2.05) is 4.90 Å². The molecule has 2 aliphatic carbocycles. The van der Waals surface area contributed by atoms with Crippen molar-refractivity contribution < 1.29 is 14.4 Å². The molecule has 0 unspecified atom stereocenters. The Labute approximate surface area is 130 Å². The van der Waals surface area contributed by atoms with Gasteiger partial charge in [-0.3, -0.25) is 4.79 Å². The highest BCUT2D eigenvalue weighted by Gasteiger charge is 2.41. The second-order valence-corrected chi connectivity index (χ2v) is 7.11. The zero-order valence-corrected chi connectivity index (χ0v) is 12.9. The third kappa shape index (κ3) is 2.45. The number of aliphatic hydroxyl groups excluding tert-OH is 1. The van der Waals surface area contributed by atoms with Gasteiger partial charge < -0.3 is 14.5 Å². The minimum atomic E-state index is -0.252. The molecule has 5 nitrogen and oxygen atoms in total. The molecule has 3 fully saturated rings. The topological polar surface area (TPSA) is 66.6 Å². The summed E-state index contributed by atoms with van der Waals surface area (Å²) in [5.74, 6) is 0.715. The number of carbonyl (C=O) groups excluding carboxylic acids is 1. The van der Waals surface area contributed by atoms with Crippen LogP contribution in [0.15, 0.2) is 10.8 Å². The summed E-state index contributed by atoms with van der Waals surface area (Å²) >= 11 is 0. The molecule has 5 heteroatoms. The Morgan fingerprint density at radius 3 is 2.77 bits per heavy atom. The summed E-state index contributed by atoms with van der Waals surface area (Å²) in [6.07, 6.45) is 9.71. The third-order valence-corrected chi connectivity index (χ3v) is 5.63. The summed E-state index contributed by atoms with van der Waals surface area (Å²) in [5, 5.41) is 14.4. The maximum absolute atomic E-state index is 13.0. The van der Waals surface area contributed by atoms with Crippen molar-refractivity contribution in [1.29, 1.82) is 0 Å². The lowest BCUT2D eigenvalue weighted by atomic mass is 9.80. The quantitative estimate of drug-likeness (QED) is 0.932. The number of hydrogen-bond acceptors (Lipinski definition) is 4. The van der Waals surface area contributed by atoms with Crippen LogP contribution in [0.25, 0.3) is 0 Å². The smallest absolute Gasteiger partial charge is 0.259 e. The molecule has 1 N–H and O–H groups in total. The summed E-state index contributed by atoms with van der Waals surface area (Å²) in [6.45, 7) is 0.794. The Bertz CT molecular complexity index is 552. The van der Waals surface area contributed by atoms with Crippen LogP contribution in [0.2, 0.25) is 0 Å². The predicted octanol–water partition coefficient (Wildman–Crippen LogP) is 2.71. The fourth-order valence-electron chi connectivity index (χ4n) is 4.29. The van der Waals surface area contributed by atoms with Crippen LogP contribution in [0.3, 0.4) is 0 Å². The molecule has 22 heavy (non-hydrogen) atoms. The Kier molecular flexibility index (Phi) is 3.68. The number of rotatable bonds is 3. The fourth-order valence-corrected chi connectivity index (χ4v) is 4.29. The first-order valence-electron chi connectivity index (χ1n) is 8.69. The number of amides is 1. The highest BCUT2D eigenvalue weighted by Crippen LogP contribution is 2.42. The highest BCUT2D eigenvalue weighted by molar-refractivity contribution is 5.95. The molecule has 0 bridgehead atoms. The maximum atomic E-state index is 13.0. The van der Waals surface area contributed by atoms with Crippen LogP contribution < -0.4 is 0 Å². The van der Waals surface area contributed by atoms with Crippen LogP contribution in [0.4, 0.5) is 0 Å². The molecular weight excluding hydrogens is 280 g/mol.